The maximum Gasteiger partial charge on any atom is 0.320 e. The lowest BCUT2D eigenvalue weighted by molar-refractivity contribution is -0.142. The molecule has 0 unspecified atom stereocenters. The summed E-state index contributed by atoms with van der Waals surface area (Å²) in [7, 11) is 0. The second-order valence-corrected chi connectivity index (χ2v) is 6.36. The molecule has 1 aromatic rings. The van der Waals surface area contributed by atoms with E-state index in [2.05, 4.69) is 36.1 Å². The van der Waals surface area contributed by atoms with Crippen molar-refractivity contribution >= 4 is 5.97 Å². The van der Waals surface area contributed by atoms with E-state index in [9.17, 15) is 9.90 Å². The summed E-state index contributed by atoms with van der Waals surface area (Å²) in [6.07, 6.45) is 5.73. The average Bonchev–Trinajstić information content (AvgIpc) is 2.81. The third-order valence-corrected chi connectivity index (χ3v) is 4.99. The number of aliphatic carboxylic acids is 1. The van der Waals surface area contributed by atoms with Crippen LogP contribution in [0, 0.1) is 12.8 Å². The van der Waals surface area contributed by atoms with E-state index in [1.807, 2.05) is 0 Å². The van der Waals surface area contributed by atoms with Gasteiger partial charge >= 0.3 is 5.97 Å². The Morgan fingerprint density at radius 2 is 1.95 bits per heavy atom. The van der Waals surface area contributed by atoms with Gasteiger partial charge in [0.15, 0.2) is 0 Å². The maximum atomic E-state index is 11.6. The number of carbonyl (C=O) groups is 1. The summed E-state index contributed by atoms with van der Waals surface area (Å²) >= 11 is 0. The van der Waals surface area contributed by atoms with E-state index in [1.165, 1.54) is 36.8 Å². The zero-order valence-corrected chi connectivity index (χ0v) is 12.1. The van der Waals surface area contributed by atoms with Crippen LogP contribution in [-0.4, -0.2) is 28.1 Å². The lowest BCUT2D eigenvalue weighted by atomic mass is 9.84. The highest BCUT2D eigenvalue weighted by atomic mass is 16.4. The molecule has 3 atom stereocenters. The smallest absolute Gasteiger partial charge is 0.320 e. The predicted octanol–water partition coefficient (Wildman–Crippen LogP) is 3.21. The largest absolute Gasteiger partial charge is 0.480 e. The summed E-state index contributed by atoms with van der Waals surface area (Å²) in [6, 6.07) is 8.67. The minimum Gasteiger partial charge on any atom is -0.480 e. The molecule has 108 valence electrons. The molecule has 3 heteroatoms. The van der Waals surface area contributed by atoms with Crippen molar-refractivity contribution < 1.29 is 9.90 Å². The van der Waals surface area contributed by atoms with E-state index in [0.717, 1.165) is 13.0 Å². The van der Waals surface area contributed by atoms with Gasteiger partial charge in [-0.3, -0.25) is 9.69 Å². The summed E-state index contributed by atoms with van der Waals surface area (Å²) in [6.45, 7) is 2.86. The average molecular weight is 273 g/mol. The van der Waals surface area contributed by atoms with Crippen molar-refractivity contribution in [3.05, 3.63) is 35.4 Å². The zero-order chi connectivity index (χ0) is 14.1. The van der Waals surface area contributed by atoms with Crippen LogP contribution in [0.5, 0.6) is 0 Å². The molecule has 3 nitrogen and oxygen atoms in total. The van der Waals surface area contributed by atoms with Crippen molar-refractivity contribution in [3.8, 4) is 0 Å². The topological polar surface area (TPSA) is 40.5 Å². The van der Waals surface area contributed by atoms with Crippen LogP contribution in [0.25, 0.3) is 0 Å². The molecule has 0 aromatic heterocycles. The van der Waals surface area contributed by atoms with Gasteiger partial charge in [0.25, 0.3) is 0 Å². The lowest BCUT2D eigenvalue weighted by Crippen LogP contribution is -2.41. The summed E-state index contributed by atoms with van der Waals surface area (Å²) in [5, 5.41) is 9.51. The van der Waals surface area contributed by atoms with Gasteiger partial charge in [0.2, 0.25) is 0 Å². The lowest BCUT2D eigenvalue weighted by Gasteiger charge is -2.33. The molecule has 0 radical (unpaired) electrons. The number of carboxylic acid groups (broad SMARTS) is 1. The molecule has 0 amide bonds. The quantitative estimate of drug-likeness (QED) is 0.919. The van der Waals surface area contributed by atoms with E-state index < -0.39 is 5.97 Å². The molecule has 20 heavy (non-hydrogen) atoms. The van der Waals surface area contributed by atoms with E-state index in [4.69, 9.17) is 0 Å². The summed E-state index contributed by atoms with van der Waals surface area (Å²) < 4.78 is 0. The second kappa shape index (κ2) is 5.57. The Kier molecular flexibility index (Phi) is 3.79. The SMILES string of the molecule is Cc1ccc(CN2[C@@H]3CCCC[C@@H]3C[C@H]2C(=O)O)cc1. The Morgan fingerprint density at radius 3 is 2.65 bits per heavy atom. The summed E-state index contributed by atoms with van der Waals surface area (Å²) in [5.41, 5.74) is 2.48. The number of likely N-dealkylation sites (tertiary alicyclic amines) is 1. The van der Waals surface area contributed by atoms with Crippen LogP contribution in [0.15, 0.2) is 24.3 Å². The van der Waals surface area contributed by atoms with E-state index in [1.54, 1.807) is 0 Å². The Morgan fingerprint density at radius 1 is 1.25 bits per heavy atom. The fraction of sp³-hybridized carbons (Fsp3) is 0.588. The zero-order valence-electron chi connectivity index (χ0n) is 12.1. The highest BCUT2D eigenvalue weighted by molar-refractivity contribution is 5.74. The molecular formula is C17H23NO2. The van der Waals surface area contributed by atoms with Crippen molar-refractivity contribution in [2.24, 2.45) is 5.92 Å². The summed E-state index contributed by atoms with van der Waals surface area (Å²) in [4.78, 5) is 13.8. The second-order valence-electron chi connectivity index (χ2n) is 6.36. The molecule has 1 heterocycles. The van der Waals surface area contributed by atoms with Crippen molar-refractivity contribution in [2.75, 3.05) is 0 Å². The van der Waals surface area contributed by atoms with Gasteiger partial charge in [-0.15, -0.1) is 0 Å². The van der Waals surface area contributed by atoms with Gasteiger partial charge in [-0.25, -0.2) is 0 Å². The minimum absolute atomic E-state index is 0.288. The van der Waals surface area contributed by atoms with Gasteiger partial charge in [0.1, 0.15) is 6.04 Å². The predicted molar refractivity (Wildman–Crippen MR) is 78.5 cm³/mol. The van der Waals surface area contributed by atoms with Crippen LogP contribution in [0.4, 0.5) is 0 Å². The molecule has 2 fully saturated rings. The number of nitrogens with zero attached hydrogens (tertiary/aromatic N) is 1. The van der Waals surface area contributed by atoms with Gasteiger partial charge in [0.05, 0.1) is 0 Å². The first-order valence-electron chi connectivity index (χ1n) is 7.69. The summed E-state index contributed by atoms with van der Waals surface area (Å²) in [5.74, 6) is -0.0539. The molecular weight excluding hydrogens is 250 g/mol. The molecule has 1 saturated heterocycles. The van der Waals surface area contributed by atoms with E-state index >= 15 is 0 Å². The molecule has 1 aliphatic heterocycles. The van der Waals surface area contributed by atoms with E-state index in [0.29, 0.717) is 12.0 Å². The van der Waals surface area contributed by atoms with Crippen molar-refractivity contribution in [3.63, 3.8) is 0 Å². The van der Waals surface area contributed by atoms with E-state index in [-0.39, 0.29) is 6.04 Å². The van der Waals surface area contributed by atoms with Gasteiger partial charge < -0.3 is 5.11 Å². The Labute approximate surface area is 120 Å². The highest BCUT2D eigenvalue weighted by Crippen LogP contribution is 2.40. The Hall–Kier alpha value is -1.35. The normalized spacial score (nSPS) is 30.1. The maximum absolute atomic E-state index is 11.6. The molecule has 0 bridgehead atoms. The molecule has 1 aromatic carbocycles. The number of carboxylic acids is 1. The number of fused-ring (bicyclic) bond motifs is 1. The first-order chi connectivity index (χ1) is 9.65. The van der Waals surface area contributed by atoms with Crippen LogP contribution >= 0.6 is 0 Å². The van der Waals surface area contributed by atoms with Gasteiger partial charge in [0, 0.05) is 12.6 Å². The minimum atomic E-state index is -0.647. The fourth-order valence-electron chi connectivity index (χ4n) is 3.93. The Balaban J connectivity index is 1.80. The third kappa shape index (κ3) is 2.59. The third-order valence-electron chi connectivity index (χ3n) is 4.99. The van der Waals surface area contributed by atoms with Gasteiger partial charge in [-0.1, -0.05) is 42.7 Å². The molecule has 1 aliphatic carbocycles. The number of benzene rings is 1. The standard InChI is InChI=1S/C17H23NO2/c1-12-6-8-13(9-7-12)11-18-15-5-3-2-4-14(15)10-16(18)17(19)20/h6-9,14-16H,2-5,10-11H2,1H3,(H,19,20)/t14-,15-,16+/m1/s1. The highest BCUT2D eigenvalue weighted by Gasteiger charge is 2.44. The first-order valence-corrected chi connectivity index (χ1v) is 7.69. The van der Waals surface area contributed by atoms with Crippen LogP contribution in [-0.2, 0) is 11.3 Å². The molecule has 3 rings (SSSR count). The van der Waals surface area contributed by atoms with Crippen LogP contribution in [0.2, 0.25) is 0 Å². The molecule has 0 spiro atoms. The van der Waals surface area contributed by atoms with Gasteiger partial charge in [-0.05, 0) is 37.7 Å². The van der Waals surface area contributed by atoms with Crippen molar-refractivity contribution in [1.29, 1.82) is 0 Å². The number of rotatable bonds is 3. The van der Waals surface area contributed by atoms with Crippen LogP contribution in [0.1, 0.15) is 43.2 Å². The number of hydrogen-bond donors (Lipinski definition) is 1. The Bertz CT molecular complexity index is 482. The van der Waals surface area contributed by atoms with Crippen LogP contribution in [0.3, 0.4) is 0 Å². The van der Waals surface area contributed by atoms with Gasteiger partial charge in [-0.2, -0.15) is 0 Å². The first kappa shape index (κ1) is 13.6. The fourth-order valence-corrected chi connectivity index (χ4v) is 3.93. The van der Waals surface area contributed by atoms with Crippen molar-refractivity contribution in [1.82, 2.24) is 4.90 Å². The number of aryl methyl sites for hydroxylation is 1. The van der Waals surface area contributed by atoms with Crippen molar-refractivity contribution in [2.45, 2.75) is 57.7 Å². The molecule has 2 aliphatic rings. The van der Waals surface area contributed by atoms with Crippen LogP contribution < -0.4 is 0 Å². The monoisotopic (exact) mass is 273 g/mol. The number of hydrogen-bond acceptors (Lipinski definition) is 2. The molecule has 1 N–H and O–H groups in total. The molecule has 1 saturated carbocycles.